The molecule has 1 heterocycles. The highest BCUT2D eigenvalue weighted by molar-refractivity contribution is 7.99. The van der Waals surface area contributed by atoms with Gasteiger partial charge < -0.3 is 11.1 Å². The van der Waals surface area contributed by atoms with Crippen molar-refractivity contribution in [2.75, 3.05) is 23.4 Å². The summed E-state index contributed by atoms with van der Waals surface area (Å²) >= 11 is 7.17. The molecule has 4 nitrogen and oxygen atoms in total. The highest BCUT2D eigenvalue weighted by Gasteiger charge is 2.02. The fourth-order valence-electron chi connectivity index (χ4n) is 0.925. The van der Waals surface area contributed by atoms with Crippen LogP contribution in [0, 0.1) is 0 Å². The SMILES string of the molecule is NCCSCC(=O)Nc1ccnc(Cl)c1. The Morgan fingerprint density at radius 1 is 1.67 bits per heavy atom. The van der Waals surface area contributed by atoms with E-state index in [2.05, 4.69) is 10.3 Å². The quantitative estimate of drug-likeness (QED) is 0.607. The normalized spacial score (nSPS) is 10.0. The molecule has 82 valence electrons. The number of amides is 1. The maximum Gasteiger partial charge on any atom is 0.234 e. The number of pyridine rings is 1. The molecule has 1 aromatic rings. The van der Waals surface area contributed by atoms with E-state index >= 15 is 0 Å². The maximum atomic E-state index is 11.4. The Kier molecular flexibility index (Phi) is 5.45. The number of nitrogens with one attached hydrogen (secondary N) is 1. The number of carbonyl (C=O) groups excluding carboxylic acids is 1. The summed E-state index contributed by atoms with van der Waals surface area (Å²) in [4.78, 5) is 15.2. The molecule has 0 fully saturated rings. The molecule has 0 radical (unpaired) electrons. The molecule has 1 rings (SSSR count). The zero-order valence-corrected chi connectivity index (χ0v) is 9.64. The van der Waals surface area contributed by atoms with E-state index in [0.29, 0.717) is 23.1 Å². The lowest BCUT2D eigenvalue weighted by Crippen LogP contribution is -2.15. The zero-order chi connectivity index (χ0) is 11.1. The summed E-state index contributed by atoms with van der Waals surface area (Å²) in [6.45, 7) is 0.582. The smallest absolute Gasteiger partial charge is 0.234 e. The predicted molar refractivity (Wildman–Crippen MR) is 64.3 cm³/mol. The first-order valence-electron chi connectivity index (χ1n) is 4.41. The highest BCUT2D eigenvalue weighted by Crippen LogP contribution is 2.12. The molecular weight excluding hydrogens is 234 g/mol. The molecule has 3 N–H and O–H groups in total. The molecule has 0 aliphatic carbocycles. The largest absolute Gasteiger partial charge is 0.330 e. The second-order valence-electron chi connectivity index (χ2n) is 2.76. The standard InChI is InChI=1S/C9H12ClN3OS/c10-8-5-7(1-3-12-8)13-9(14)6-15-4-2-11/h1,3,5H,2,4,6,11H2,(H,12,13,14). The molecule has 6 heteroatoms. The summed E-state index contributed by atoms with van der Waals surface area (Å²) in [6.07, 6.45) is 1.55. The summed E-state index contributed by atoms with van der Waals surface area (Å²) in [5.74, 6) is 1.12. The Hall–Kier alpha value is -0.780. The average molecular weight is 246 g/mol. The number of nitrogens with zero attached hydrogens (tertiary/aromatic N) is 1. The van der Waals surface area contributed by atoms with Crippen LogP contribution in [-0.4, -0.2) is 28.9 Å². The first-order valence-corrected chi connectivity index (χ1v) is 5.95. The molecule has 0 atom stereocenters. The number of rotatable bonds is 5. The van der Waals surface area contributed by atoms with E-state index in [1.165, 1.54) is 11.8 Å². The van der Waals surface area contributed by atoms with E-state index in [4.69, 9.17) is 17.3 Å². The molecule has 15 heavy (non-hydrogen) atoms. The number of aromatic nitrogens is 1. The lowest BCUT2D eigenvalue weighted by Gasteiger charge is -2.04. The second kappa shape index (κ2) is 6.66. The van der Waals surface area contributed by atoms with Crippen LogP contribution in [0.3, 0.4) is 0 Å². The average Bonchev–Trinajstić information content (AvgIpc) is 2.18. The van der Waals surface area contributed by atoms with Crippen LogP contribution in [0.4, 0.5) is 5.69 Å². The summed E-state index contributed by atoms with van der Waals surface area (Å²) < 4.78 is 0. The van der Waals surface area contributed by atoms with E-state index in [9.17, 15) is 4.79 Å². The molecular formula is C9H12ClN3OS. The van der Waals surface area contributed by atoms with Gasteiger partial charge in [-0.15, -0.1) is 0 Å². The van der Waals surface area contributed by atoms with Crippen molar-refractivity contribution in [2.24, 2.45) is 5.73 Å². The summed E-state index contributed by atoms with van der Waals surface area (Å²) in [5, 5.41) is 3.08. The van der Waals surface area contributed by atoms with Gasteiger partial charge in [0.15, 0.2) is 0 Å². The van der Waals surface area contributed by atoms with E-state index in [1.807, 2.05) is 0 Å². The van der Waals surface area contributed by atoms with E-state index in [-0.39, 0.29) is 5.91 Å². The van der Waals surface area contributed by atoms with Crippen molar-refractivity contribution in [3.8, 4) is 0 Å². The number of anilines is 1. The lowest BCUT2D eigenvalue weighted by molar-refractivity contribution is -0.113. The van der Waals surface area contributed by atoms with Crippen molar-refractivity contribution < 1.29 is 4.79 Å². The van der Waals surface area contributed by atoms with Crippen LogP contribution in [0.25, 0.3) is 0 Å². The Morgan fingerprint density at radius 2 is 2.47 bits per heavy atom. The maximum absolute atomic E-state index is 11.4. The third kappa shape index (κ3) is 5.01. The molecule has 0 aliphatic rings. The summed E-state index contributed by atoms with van der Waals surface area (Å²) in [7, 11) is 0. The van der Waals surface area contributed by atoms with Gasteiger partial charge in [-0.1, -0.05) is 11.6 Å². The van der Waals surface area contributed by atoms with Crippen LogP contribution in [0.5, 0.6) is 0 Å². The van der Waals surface area contributed by atoms with E-state index in [0.717, 1.165) is 5.75 Å². The molecule has 0 saturated heterocycles. The van der Waals surface area contributed by atoms with Gasteiger partial charge in [-0.05, 0) is 12.1 Å². The number of thioether (sulfide) groups is 1. The number of carbonyl (C=O) groups is 1. The van der Waals surface area contributed by atoms with Crippen molar-refractivity contribution in [1.82, 2.24) is 4.98 Å². The molecule has 1 amide bonds. The number of nitrogens with two attached hydrogens (primary N) is 1. The van der Waals surface area contributed by atoms with Gasteiger partial charge in [-0.25, -0.2) is 4.98 Å². The van der Waals surface area contributed by atoms with E-state index < -0.39 is 0 Å². The topological polar surface area (TPSA) is 68.0 Å². The number of hydrogen-bond donors (Lipinski definition) is 2. The van der Waals surface area contributed by atoms with E-state index in [1.54, 1.807) is 18.3 Å². The number of hydrogen-bond acceptors (Lipinski definition) is 4. The van der Waals surface area contributed by atoms with Crippen LogP contribution in [-0.2, 0) is 4.79 Å². The minimum absolute atomic E-state index is 0.0595. The first kappa shape index (κ1) is 12.3. The van der Waals surface area contributed by atoms with Crippen LogP contribution < -0.4 is 11.1 Å². The first-order chi connectivity index (χ1) is 7.22. The molecule has 0 spiro atoms. The predicted octanol–water partition coefficient (Wildman–Crippen LogP) is 1.37. The highest BCUT2D eigenvalue weighted by atomic mass is 35.5. The molecule has 0 aliphatic heterocycles. The lowest BCUT2D eigenvalue weighted by atomic mass is 10.4. The second-order valence-corrected chi connectivity index (χ2v) is 4.25. The van der Waals surface area contributed by atoms with Gasteiger partial charge in [-0.2, -0.15) is 11.8 Å². The summed E-state index contributed by atoms with van der Waals surface area (Å²) in [6, 6.07) is 3.30. The van der Waals surface area contributed by atoms with Gasteiger partial charge in [-0.3, -0.25) is 4.79 Å². The van der Waals surface area contributed by atoms with Crippen LogP contribution in [0.2, 0.25) is 5.15 Å². The van der Waals surface area contributed by atoms with Gasteiger partial charge in [0.1, 0.15) is 5.15 Å². The van der Waals surface area contributed by atoms with Gasteiger partial charge >= 0.3 is 0 Å². The van der Waals surface area contributed by atoms with Gasteiger partial charge in [0.2, 0.25) is 5.91 Å². The Bertz CT molecular complexity index is 335. The van der Waals surface area contributed by atoms with Gasteiger partial charge in [0, 0.05) is 24.2 Å². The van der Waals surface area contributed by atoms with Crippen molar-refractivity contribution in [3.63, 3.8) is 0 Å². The van der Waals surface area contributed by atoms with Crippen molar-refractivity contribution in [2.45, 2.75) is 0 Å². The van der Waals surface area contributed by atoms with Crippen molar-refractivity contribution in [1.29, 1.82) is 0 Å². The molecule has 0 bridgehead atoms. The minimum atomic E-state index is -0.0595. The van der Waals surface area contributed by atoms with Gasteiger partial charge in [0.25, 0.3) is 0 Å². The zero-order valence-electron chi connectivity index (χ0n) is 8.07. The fourth-order valence-corrected chi connectivity index (χ4v) is 1.67. The Balaban J connectivity index is 2.37. The third-order valence-electron chi connectivity index (χ3n) is 1.51. The molecule has 1 aromatic heterocycles. The number of halogens is 1. The Labute approximate surface area is 97.6 Å². The van der Waals surface area contributed by atoms with Crippen LogP contribution >= 0.6 is 23.4 Å². The Morgan fingerprint density at radius 3 is 3.13 bits per heavy atom. The monoisotopic (exact) mass is 245 g/mol. The van der Waals surface area contributed by atoms with Crippen LogP contribution in [0.15, 0.2) is 18.3 Å². The van der Waals surface area contributed by atoms with Crippen LogP contribution in [0.1, 0.15) is 0 Å². The summed E-state index contributed by atoms with van der Waals surface area (Å²) in [5.41, 5.74) is 5.97. The molecule has 0 unspecified atom stereocenters. The van der Waals surface area contributed by atoms with Gasteiger partial charge in [0.05, 0.1) is 5.75 Å². The molecule has 0 aromatic carbocycles. The van der Waals surface area contributed by atoms with Crippen molar-refractivity contribution in [3.05, 3.63) is 23.5 Å². The minimum Gasteiger partial charge on any atom is -0.330 e. The fraction of sp³-hybridized carbons (Fsp3) is 0.333. The third-order valence-corrected chi connectivity index (χ3v) is 2.70. The molecule has 0 saturated carbocycles. The van der Waals surface area contributed by atoms with Crippen molar-refractivity contribution >= 4 is 35.0 Å².